The second kappa shape index (κ2) is 12.0. The molecule has 0 spiro atoms. The molecule has 4 heteroatoms. The van der Waals surface area contributed by atoms with E-state index in [0.29, 0.717) is 6.61 Å². The zero-order chi connectivity index (χ0) is 21.9. The first-order valence-corrected chi connectivity index (χ1v) is 10.9. The predicted molar refractivity (Wildman–Crippen MR) is 125 cm³/mol. The molecule has 0 fully saturated rings. The van der Waals surface area contributed by atoms with Crippen molar-refractivity contribution in [3.05, 3.63) is 108 Å². The van der Waals surface area contributed by atoms with Crippen LogP contribution in [0.4, 0.5) is 0 Å². The van der Waals surface area contributed by atoms with E-state index < -0.39 is 0 Å². The van der Waals surface area contributed by atoms with Crippen LogP contribution in [0.1, 0.15) is 30.0 Å². The minimum atomic E-state index is -0.341. The number of hydrogen-bond donors (Lipinski definition) is 1. The first kappa shape index (κ1) is 22.7. The molecule has 2 unspecified atom stereocenters. The lowest BCUT2D eigenvalue weighted by Crippen LogP contribution is -2.49. The third-order valence-corrected chi connectivity index (χ3v) is 5.42. The van der Waals surface area contributed by atoms with Crippen molar-refractivity contribution in [3.8, 4) is 0 Å². The number of rotatable bonds is 11. The molecule has 0 saturated heterocycles. The van der Waals surface area contributed by atoms with Crippen LogP contribution in [0.25, 0.3) is 0 Å². The summed E-state index contributed by atoms with van der Waals surface area (Å²) in [6, 6.07) is 30.8. The molecule has 3 rings (SSSR count). The van der Waals surface area contributed by atoms with Gasteiger partial charge in [0.1, 0.15) is 0 Å². The zero-order valence-electron chi connectivity index (χ0n) is 18.2. The van der Waals surface area contributed by atoms with Gasteiger partial charge in [-0.2, -0.15) is 0 Å². The van der Waals surface area contributed by atoms with Gasteiger partial charge in [-0.15, -0.1) is 0 Å². The summed E-state index contributed by atoms with van der Waals surface area (Å²) in [6.45, 7) is 3.70. The highest BCUT2D eigenvalue weighted by atomic mass is 16.5. The van der Waals surface area contributed by atoms with Gasteiger partial charge >= 0.3 is 5.97 Å². The van der Waals surface area contributed by atoms with E-state index in [0.717, 1.165) is 19.5 Å². The second-order valence-corrected chi connectivity index (χ2v) is 7.81. The summed E-state index contributed by atoms with van der Waals surface area (Å²) in [5, 5.41) is 0. The Labute approximate surface area is 185 Å². The van der Waals surface area contributed by atoms with Crippen LogP contribution in [0, 0.1) is 0 Å². The molecule has 31 heavy (non-hydrogen) atoms. The van der Waals surface area contributed by atoms with E-state index in [4.69, 9.17) is 10.5 Å². The highest BCUT2D eigenvalue weighted by Gasteiger charge is 2.28. The lowest BCUT2D eigenvalue weighted by molar-refractivity contribution is -0.143. The number of carbonyl (C=O) groups excluding carboxylic acids is 1. The van der Waals surface area contributed by atoms with E-state index in [1.807, 2.05) is 37.3 Å². The highest BCUT2D eigenvalue weighted by molar-refractivity contribution is 5.70. The fourth-order valence-corrected chi connectivity index (χ4v) is 3.88. The van der Waals surface area contributed by atoms with Crippen molar-refractivity contribution >= 4 is 5.97 Å². The highest BCUT2D eigenvalue weighted by Crippen LogP contribution is 2.20. The first-order valence-electron chi connectivity index (χ1n) is 10.9. The standard InChI is InChI=1S/C27H32N2O2/c1-2-31-27(30)19-25(28)26(18-22-12-6-3-7-13-22)29(20-23-14-8-4-9-15-23)21-24-16-10-5-11-17-24/h3-17,25-26H,2,18-21,28H2,1H3. The number of carbonyl (C=O) groups is 1. The molecule has 162 valence electrons. The SMILES string of the molecule is CCOC(=O)CC(N)C(Cc1ccccc1)N(Cc1ccccc1)Cc1ccccc1. The average Bonchev–Trinajstić information content (AvgIpc) is 2.79. The van der Waals surface area contributed by atoms with Gasteiger partial charge in [-0.1, -0.05) is 91.0 Å². The molecular weight excluding hydrogens is 384 g/mol. The minimum Gasteiger partial charge on any atom is -0.466 e. The van der Waals surface area contributed by atoms with Gasteiger partial charge in [0.15, 0.2) is 0 Å². The summed E-state index contributed by atoms with van der Waals surface area (Å²) in [4.78, 5) is 14.6. The number of hydrogen-bond acceptors (Lipinski definition) is 4. The summed E-state index contributed by atoms with van der Waals surface area (Å²) in [7, 11) is 0. The van der Waals surface area contributed by atoms with E-state index in [1.165, 1.54) is 16.7 Å². The van der Waals surface area contributed by atoms with Gasteiger partial charge in [-0.05, 0) is 30.0 Å². The maximum Gasteiger partial charge on any atom is 0.307 e. The molecule has 0 aliphatic rings. The van der Waals surface area contributed by atoms with Crippen LogP contribution in [-0.4, -0.2) is 29.6 Å². The Morgan fingerprint density at radius 1 is 0.806 bits per heavy atom. The van der Waals surface area contributed by atoms with Gasteiger partial charge < -0.3 is 10.5 Å². The number of benzene rings is 3. The third kappa shape index (κ3) is 7.35. The van der Waals surface area contributed by atoms with Crippen molar-refractivity contribution in [3.63, 3.8) is 0 Å². The maximum absolute atomic E-state index is 12.2. The lowest BCUT2D eigenvalue weighted by Gasteiger charge is -2.36. The van der Waals surface area contributed by atoms with Crippen LogP contribution in [-0.2, 0) is 29.0 Å². The van der Waals surface area contributed by atoms with E-state index in [9.17, 15) is 4.79 Å². The van der Waals surface area contributed by atoms with Crippen LogP contribution in [0.5, 0.6) is 0 Å². The first-order chi connectivity index (χ1) is 15.2. The predicted octanol–water partition coefficient (Wildman–Crippen LogP) is 4.58. The normalized spacial score (nSPS) is 13.0. The van der Waals surface area contributed by atoms with E-state index in [1.54, 1.807) is 0 Å². The molecule has 4 nitrogen and oxygen atoms in total. The van der Waals surface area contributed by atoms with Gasteiger partial charge in [0.2, 0.25) is 0 Å². The Bertz CT molecular complexity index is 859. The number of nitrogens with zero attached hydrogens (tertiary/aromatic N) is 1. The molecule has 3 aromatic carbocycles. The minimum absolute atomic E-state index is 0.0211. The topological polar surface area (TPSA) is 55.6 Å². The van der Waals surface area contributed by atoms with Crippen molar-refractivity contribution in [2.45, 2.75) is 44.9 Å². The smallest absolute Gasteiger partial charge is 0.307 e. The second-order valence-electron chi connectivity index (χ2n) is 7.81. The molecule has 2 atom stereocenters. The van der Waals surface area contributed by atoms with Crippen LogP contribution in [0.15, 0.2) is 91.0 Å². The molecule has 2 N–H and O–H groups in total. The van der Waals surface area contributed by atoms with Crippen LogP contribution in [0.2, 0.25) is 0 Å². The molecule has 3 aromatic rings. The fraction of sp³-hybridized carbons (Fsp3) is 0.296. The van der Waals surface area contributed by atoms with Gasteiger partial charge in [0.05, 0.1) is 13.0 Å². The zero-order valence-corrected chi connectivity index (χ0v) is 18.2. The third-order valence-electron chi connectivity index (χ3n) is 5.42. The number of nitrogens with two attached hydrogens (primary N) is 1. The van der Waals surface area contributed by atoms with Crippen LogP contribution >= 0.6 is 0 Å². The summed E-state index contributed by atoms with van der Waals surface area (Å²) >= 11 is 0. The summed E-state index contributed by atoms with van der Waals surface area (Å²) in [5.41, 5.74) is 10.3. The number of esters is 1. The van der Waals surface area contributed by atoms with E-state index in [2.05, 4.69) is 65.6 Å². The monoisotopic (exact) mass is 416 g/mol. The molecule has 0 saturated carbocycles. The molecule has 0 radical (unpaired) electrons. The molecule has 0 aliphatic heterocycles. The van der Waals surface area contributed by atoms with Crippen molar-refractivity contribution in [1.29, 1.82) is 0 Å². The molecule has 0 aliphatic carbocycles. The number of ether oxygens (including phenoxy) is 1. The van der Waals surface area contributed by atoms with Gasteiger partial charge in [0, 0.05) is 25.2 Å². The fourth-order valence-electron chi connectivity index (χ4n) is 3.88. The quantitative estimate of drug-likeness (QED) is 0.465. The van der Waals surface area contributed by atoms with Crippen LogP contribution < -0.4 is 5.73 Å². The Kier molecular flexibility index (Phi) is 8.83. The molecule has 0 heterocycles. The van der Waals surface area contributed by atoms with E-state index >= 15 is 0 Å². The maximum atomic E-state index is 12.2. The Balaban J connectivity index is 1.90. The summed E-state index contributed by atoms with van der Waals surface area (Å²) < 4.78 is 5.19. The van der Waals surface area contributed by atoms with Crippen LogP contribution in [0.3, 0.4) is 0 Å². The molecule has 0 amide bonds. The van der Waals surface area contributed by atoms with Crippen molar-refractivity contribution < 1.29 is 9.53 Å². The Morgan fingerprint density at radius 3 is 1.71 bits per heavy atom. The van der Waals surface area contributed by atoms with Gasteiger partial charge in [0.25, 0.3) is 0 Å². The van der Waals surface area contributed by atoms with Crippen molar-refractivity contribution in [1.82, 2.24) is 4.90 Å². The molecule has 0 bridgehead atoms. The molecular formula is C27H32N2O2. The molecule has 0 aromatic heterocycles. The van der Waals surface area contributed by atoms with E-state index in [-0.39, 0.29) is 24.5 Å². The van der Waals surface area contributed by atoms with Crippen molar-refractivity contribution in [2.24, 2.45) is 5.73 Å². The van der Waals surface area contributed by atoms with Gasteiger partial charge in [-0.25, -0.2) is 0 Å². The Morgan fingerprint density at radius 2 is 1.26 bits per heavy atom. The lowest BCUT2D eigenvalue weighted by atomic mass is 9.95. The Hall–Kier alpha value is -2.95. The van der Waals surface area contributed by atoms with Crippen molar-refractivity contribution in [2.75, 3.05) is 6.61 Å². The summed E-state index contributed by atoms with van der Waals surface area (Å²) in [6.07, 6.45) is 0.965. The summed E-state index contributed by atoms with van der Waals surface area (Å²) in [5.74, 6) is -0.243. The average molecular weight is 417 g/mol. The van der Waals surface area contributed by atoms with Gasteiger partial charge in [-0.3, -0.25) is 9.69 Å². The largest absolute Gasteiger partial charge is 0.466 e.